The van der Waals surface area contributed by atoms with Crippen LogP contribution in [0.3, 0.4) is 0 Å². The van der Waals surface area contributed by atoms with Crippen LogP contribution < -0.4 is 20.2 Å². The van der Waals surface area contributed by atoms with E-state index >= 15 is 0 Å². The fourth-order valence-corrected chi connectivity index (χ4v) is 2.28. The molecule has 0 fully saturated rings. The van der Waals surface area contributed by atoms with Crippen LogP contribution in [0.2, 0.25) is 0 Å². The number of nitrogens with zero attached hydrogens (tertiary/aromatic N) is 2. The van der Waals surface area contributed by atoms with Gasteiger partial charge in [-0.3, -0.25) is 19.7 Å². The number of rotatable bonds is 9. The van der Waals surface area contributed by atoms with E-state index in [2.05, 4.69) is 15.8 Å². The molecule has 0 aliphatic heterocycles. The molecule has 0 radical (unpaired) electrons. The predicted molar refractivity (Wildman–Crippen MR) is 106 cm³/mol. The van der Waals surface area contributed by atoms with Gasteiger partial charge in [-0.2, -0.15) is 5.10 Å². The fraction of sp³-hybridized carbons (Fsp3) is 0.211. The number of ether oxygens (including phenoxy) is 2. The van der Waals surface area contributed by atoms with Crippen LogP contribution >= 0.6 is 0 Å². The summed E-state index contributed by atoms with van der Waals surface area (Å²) in [7, 11) is 3.05. The second kappa shape index (κ2) is 10.4. The number of nitro benzene ring substituents is 1. The molecule has 0 bridgehead atoms. The smallest absolute Gasteiger partial charge is 0.269 e. The first-order valence-corrected chi connectivity index (χ1v) is 8.51. The molecule has 2 aromatic carbocycles. The van der Waals surface area contributed by atoms with Crippen molar-refractivity contribution in [2.24, 2.45) is 5.10 Å². The van der Waals surface area contributed by atoms with E-state index in [4.69, 9.17) is 9.47 Å². The number of anilines is 1. The summed E-state index contributed by atoms with van der Waals surface area (Å²) in [6, 6.07) is 10.6. The Kier molecular flexibility index (Phi) is 7.66. The standard InChI is InChI=1S/C19H20N4O6/c1-28-16-8-3-13(11-17(16)29-2)12-20-22-19(25)10-9-18(24)21-14-4-6-15(7-5-14)23(26)27/h3-8,11-12H,9-10H2,1-2H3,(H,21,24)(H,22,25)/b20-12+. The largest absolute Gasteiger partial charge is 0.493 e. The number of carbonyl (C=O) groups excluding carboxylic acids is 2. The highest BCUT2D eigenvalue weighted by molar-refractivity contribution is 5.93. The molecule has 2 N–H and O–H groups in total. The van der Waals surface area contributed by atoms with Crippen molar-refractivity contribution in [3.63, 3.8) is 0 Å². The molecule has 29 heavy (non-hydrogen) atoms. The van der Waals surface area contributed by atoms with E-state index in [0.717, 1.165) is 0 Å². The van der Waals surface area contributed by atoms with Gasteiger partial charge >= 0.3 is 0 Å². The van der Waals surface area contributed by atoms with Gasteiger partial charge in [-0.1, -0.05) is 0 Å². The molecule has 2 rings (SSSR count). The van der Waals surface area contributed by atoms with E-state index in [9.17, 15) is 19.7 Å². The van der Waals surface area contributed by atoms with Crippen molar-refractivity contribution >= 4 is 29.4 Å². The molecule has 0 heterocycles. The second-order valence-electron chi connectivity index (χ2n) is 5.76. The van der Waals surface area contributed by atoms with E-state index in [-0.39, 0.29) is 18.5 Å². The Morgan fingerprint density at radius 1 is 1.03 bits per heavy atom. The molecule has 0 aliphatic rings. The van der Waals surface area contributed by atoms with E-state index in [1.165, 1.54) is 44.7 Å². The number of hydrogen-bond acceptors (Lipinski definition) is 7. The first-order chi connectivity index (χ1) is 13.9. The van der Waals surface area contributed by atoms with E-state index in [1.807, 2.05) is 0 Å². The number of hydrazone groups is 1. The minimum atomic E-state index is -0.529. The lowest BCUT2D eigenvalue weighted by molar-refractivity contribution is -0.384. The van der Waals surface area contributed by atoms with Crippen LogP contribution in [0.4, 0.5) is 11.4 Å². The molecule has 152 valence electrons. The lowest BCUT2D eigenvalue weighted by atomic mass is 10.2. The molecule has 0 aromatic heterocycles. The summed E-state index contributed by atoms with van der Waals surface area (Å²) >= 11 is 0. The van der Waals surface area contributed by atoms with Gasteiger partial charge in [-0.05, 0) is 35.9 Å². The summed E-state index contributed by atoms with van der Waals surface area (Å²) in [5, 5.41) is 17.0. The number of methoxy groups -OCH3 is 2. The highest BCUT2D eigenvalue weighted by Crippen LogP contribution is 2.26. The van der Waals surface area contributed by atoms with Crippen LogP contribution in [-0.2, 0) is 9.59 Å². The van der Waals surface area contributed by atoms with Gasteiger partial charge < -0.3 is 14.8 Å². The maximum atomic E-state index is 11.9. The van der Waals surface area contributed by atoms with Crippen molar-refractivity contribution in [1.82, 2.24) is 5.43 Å². The zero-order valence-electron chi connectivity index (χ0n) is 15.9. The summed E-state index contributed by atoms with van der Waals surface area (Å²) in [6.07, 6.45) is 1.31. The summed E-state index contributed by atoms with van der Waals surface area (Å²) < 4.78 is 10.3. The van der Waals surface area contributed by atoms with Crippen molar-refractivity contribution in [3.8, 4) is 11.5 Å². The fourth-order valence-electron chi connectivity index (χ4n) is 2.28. The first kappa shape index (κ1) is 21.4. The highest BCUT2D eigenvalue weighted by atomic mass is 16.6. The van der Waals surface area contributed by atoms with Crippen LogP contribution in [-0.4, -0.2) is 37.2 Å². The molecule has 0 spiro atoms. The average Bonchev–Trinajstić information content (AvgIpc) is 2.72. The van der Waals surface area contributed by atoms with E-state index in [0.29, 0.717) is 22.7 Å². The SMILES string of the molecule is COc1ccc(/C=N/NC(=O)CCC(=O)Nc2ccc([N+](=O)[O-])cc2)cc1OC. The Balaban J connectivity index is 1.78. The summed E-state index contributed by atoms with van der Waals surface area (Å²) in [6.45, 7) is 0. The Morgan fingerprint density at radius 2 is 1.69 bits per heavy atom. The number of benzene rings is 2. The van der Waals surface area contributed by atoms with Gasteiger partial charge in [0.2, 0.25) is 11.8 Å². The van der Waals surface area contributed by atoms with Crippen molar-refractivity contribution in [2.75, 3.05) is 19.5 Å². The van der Waals surface area contributed by atoms with Crippen molar-refractivity contribution < 1.29 is 24.0 Å². The van der Waals surface area contributed by atoms with Crippen LogP contribution in [0.15, 0.2) is 47.6 Å². The van der Waals surface area contributed by atoms with Gasteiger partial charge in [0.15, 0.2) is 11.5 Å². The normalized spacial score (nSPS) is 10.4. The van der Waals surface area contributed by atoms with Crippen LogP contribution in [0.5, 0.6) is 11.5 Å². The monoisotopic (exact) mass is 400 g/mol. The maximum Gasteiger partial charge on any atom is 0.269 e. The third-order valence-corrected chi connectivity index (χ3v) is 3.75. The third kappa shape index (κ3) is 6.61. The van der Waals surface area contributed by atoms with Crippen LogP contribution in [0.1, 0.15) is 18.4 Å². The Hall–Kier alpha value is -3.95. The summed E-state index contributed by atoms with van der Waals surface area (Å²) in [5.74, 6) is 0.289. The number of hydrogen-bond donors (Lipinski definition) is 2. The molecule has 0 saturated heterocycles. The average molecular weight is 400 g/mol. The third-order valence-electron chi connectivity index (χ3n) is 3.75. The van der Waals surface area contributed by atoms with Crippen molar-refractivity contribution in [1.29, 1.82) is 0 Å². The quantitative estimate of drug-likeness (QED) is 0.377. The van der Waals surface area contributed by atoms with Crippen LogP contribution in [0.25, 0.3) is 0 Å². The topological polar surface area (TPSA) is 132 Å². The maximum absolute atomic E-state index is 11.9. The first-order valence-electron chi connectivity index (χ1n) is 8.51. The molecule has 2 aromatic rings. The van der Waals surface area contributed by atoms with Gasteiger partial charge in [0.05, 0.1) is 25.4 Å². The minimum absolute atomic E-state index is 0.0608. The van der Waals surface area contributed by atoms with Gasteiger partial charge in [0.1, 0.15) is 0 Å². The molecule has 0 atom stereocenters. The molecule has 2 amide bonds. The Morgan fingerprint density at radius 3 is 2.31 bits per heavy atom. The van der Waals surface area contributed by atoms with E-state index < -0.39 is 16.7 Å². The number of nitro groups is 1. The lowest BCUT2D eigenvalue weighted by Gasteiger charge is -2.07. The second-order valence-corrected chi connectivity index (χ2v) is 5.76. The van der Waals surface area contributed by atoms with Crippen LogP contribution in [0, 0.1) is 10.1 Å². The minimum Gasteiger partial charge on any atom is -0.493 e. The number of carbonyl (C=O) groups is 2. The zero-order valence-corrected chi connectivity index (χ0v) is 15.9. The molecular formula is C19H20N4O6. The lowest BCUT2D eigenvalue weighted by Crippen LogP contribution is -2.20. The van der Waals surface area contributed by atoms with Crippen molar-refractivity contribution in [2.45, 2.75) is 12.8 Å². The Bertz CT molecular complexity index is 911. The molecular weight excluding hydrogens is 380 g/mol. The molecule has 0 saturated carbocycles. The highest BCUT2D eigenvalue weighted by Gasteiger charge is 2.09. The van der Waals surface area contributed by atoms with Gasteiger partial charge in [-0.25, -0.2) is 5.43 Å². The number of non-ortho nitro benzene ring substituents is 1. The molecule has 10 heteroatoms. The number of nitrogens with one attached hydrogen (secondary N) is 2. The summed E-state index contributed by atoms with van der Waals surface area (Å²) in [4.78, 5) is 33.8. The molecule has 0 unspecified atom stereocenters. The summed E-state index contributed by atoms with van der Waals surface area (Å²) in [5.41, 5.74) is 3.37. The predicted octanol–water partition coefficient (Wildman–Crippen LogP) is 2.48. The number of amides is 2. The molecule has 10 nitrogen and oxygen atoms in total. The van der Waals surface area contributed by atoms with E-state index in [1.54, 1.807) is 18.2 Å². The molecule has 0 aliphatic carbocycles. The van der Waals surface area contributed by atoms with Gasteiger partial charge in [-0.15, -0.1) is 0 Å². The van der Waals surface area contributed by atoms with Gasteiger partial charge in [0.25, 0.3) is 5.69 Å². The van der Waals surface area contributed by atoms with Gasteiger partial charge in [0, 0.05) is 30.7 Å². The Labute approximate surface area is 166 Å². The van der Waals surface area contributed by atoms with Crippen molar-refractivity contribution in [3.05, 3.63) is 58.1 Å². The zero-order chi connectivity index (χ0) is 21.2.